The van der Waals surface area contributed by atoms with Crippen LogP contribution in [0.3, 0.4) is 0 Å². The van der Waals surface area contributed by atoms with Gasteiger partial charge in [-0.25, -0.2) is 0 Å². The van der Waals surface area contributed by atoms with Gasteiger partial charge in [0.25, 0.3) is 0 Å². The number of carbonyl (C=O) groups is 1. The van der Waals surface area contributed by atoms with Crippen LogP contribution in [-0.4, -0.2) is 12.6 Å². The fraction of sp³-hybridized carbons (Fsp3) is 0.773. The van der Waals surface area contributed by atoms with Crippen molar-refractivity contribution in [1.82, 2.24) is 0 Å². The van der Waals surface area contributed by atoms with Crippen LogP contribution in [0.25, 0.3) is 0 Å². The number of allylic oxidation sites excluding steroid dienone is 4. The number of carbonyl (C=O) groups excluding carboxylic acids is 1. The van der Waals surface area contributed by atoms with Crippen molar-refractivity contribution in [2.45, 2.75) is 73.1 Å². The molecule has 0 aliphatic heterocycles. The highest BCUT2D eigenvalue weighted by Crippen LogP contribution is 2.62. The molecule has 1 saturated carbocycles. The molecule has 3 aliphatic carbocycles. The van der Waals surface area contributed by atoms with Gasteiger partial charge in [-0.05, 0) is 60.8 Å². The molecule has 0 saturated heterocycles. The second-order valence-electron chi connectivity index (χ2n) is 9.25. The Bertz CT molecular complexity index is 571. The van der Waals surface area contributed by atoms with Gasteiger partial charge in [0.1, 0.15) is 0 Å². The van der Waals surface area contributed by atoms with Crippen molar-refractivity contribution in [3.63, 3.8) is 0 Å². The summed E-state index contributed by atoms with van der Waals surface area (Å²) in [4.78, 5) is 11.4. The first kappa shape index (κ1) is 17.8. The molecule has 4 atom stereocenters. The lowest BCUT2D eigenvalue weighted by Gasteiger charge is -2.58. The van der Waals surface area contributed by atoms with Gasteiger partial charge >= 0.3 is 5.97 Å². The Morgan fingerprint density at radius 2 is 2.08 bits per heavy atom. The maximum absolute atomic E-state index is 11.4. The van der Waals surface area contributed by atoms with Crippen molar-refractivity contribution in [3.8, 4) is 0 Å². The lowest BCUT2D eigenvalue weighted by molar-refractivity contribution is -0.151. The van der Waals surface area contributed by atoms with E-state index in [2.05, 4.69) is 39.8 Å². The summed E-state index contributed by atoms with van der Waals surface area (Å²) in [6.45, 7) is 11.6. The van der Waals surface area contributed by atoms with Gasteiger partial charge in [0.2, 0.25) is 0 Å². The molecule has 4 unspecified atom stereocenters. The summed E-state index contributed by atoms with van der Waals surface area (Å²) < 4.78 is 5.49. The summed E-state index contributed by atoms with van der Waals surface area (Å²) in [5.74, 6) is 1.84. The second-order valence-corrected chi connectivity index (χ2v) is 9.25. The monoisotopic (exact) mass is 330 g/mol. The predicted molar refractivity (Wildman–Crippen MR) is 98.5 cm³/mol. The Labute approximate surface area is 147 Å². The van der Waals surface area contributed by atoms with Crippen LogP contribution in [0.2, 0.25) is 0 Å². The standard InChI is InChI=1S/C22H34O2/c1-15(2)17-7-9-19-18(13-17)8-10-20-21(4,14-24-16(3)23)11-6-12-22(19,20)5/h8,13,15,19-20H,6-7,9-12,14H2,1-5H3. The van der Waals surface area contributed by atoms with Gasteiger partial charge in [0.05, 0.1) is 6.61 Å². The van der Waals surface area contributed by atoms with Crippen LogP contribution in [0, 0.1) is 28.6 Å². The summed E-state index contributed by atoms with van der Waals surface area (Å²) in [7, 11) is 0. The zero-order valence-corrected chi connectivity index (χ0v) is 16.2. The maximum Gasteiger partial charge on any atom is 0.302 e. The molecular formula is C22H34O2. The van der Waals surface area contributed by atoms with Gasteiger partial charge in [-0.3, -0.25) is 4.79 Å². The molecule has 134 valence electrons. The summed E-state index contributed by atoms with van der Waals surface area (Å²) in [6, 6.07) is 0. The molecule has 0 aromatic carbocycles. The average Bonchev–Trinajstić information content (AvgIpc) is 2.52. The number of fused-ring (bicyclic) bond motifs is 3. The molecule has 0 bridgehead atoms. The topological polar surface area (TPSA) is 26.3 Å². The molecule has 3 rings (SSSR count). The first-order chi connectivity index (χ1) is 11.3. The Morgan fingerprint density at radius 3 is 2.75 bits per heavy atom. The van der Waals surface area contributed by atoms with Crippen molar-refractivity contribution < 1.29 is 9.53 Å². The van der Waals surface area contributed by atoms with E-state index in [9.17, 15) is 4.79 Å². The first-order valence-electron chi connectivity index (χ1n) is 9.80. The summed E-state index contributed by atoms with van der Waals surface area (Å²) >= 11 is 0. The second kappa shape index (κ2) is 6.35. The Morgan fingerprint density at radius 1 is 1.33 bits per heavy atom. The van der Waals surface area contributed by atoms with E-state index in [0.717, 1.165) is 6.42 Å². The third-order valence-electron chi connectivity index (χ3n) is 7.31. The first-order valence-corrected chi connectivity index (χ1v) is 9.80. The van der Waals surface area contributed by atoms with E-state index >= 15 is 0 Å². The van der Waals surface area contributed by atoms with E-state index in [-0.39, 0.29) is 11.4 Å². The zero-order valence-electron chi connectivity index (χ0n) is 16.2. The van der Waals surface area contributed by atoms with Crippen LogP contribution in [0.4, 0.5) is 0 Å². The highest BCUT2D eigenvalue weighted by atomic mass is 16.5. The van der Waals surface area contributed by atoms with Crippen molar-refractivity contribution in [3.05, 3.63) is 23.3 Å². The molecule has 3 aliphatic rings. The largest absolute Gasteiger partial charge is 0.465 e. The van der Waals surface area contributed by atoms with Gasteiger partial charge in [-0.2, -0.15) is 0 Å². The third-order valence-corrected chi connectivity index (χ3v) is 7.31. The van der Waals surface area contributed by atoms with Crippen LogP contribution in [0.15, 0.2) is 23.3 Å². The smallest absolute Gasteiger partial charge is 0.302 e. The molecule has 0 aromatic rings. The zero-order chi connectivity index (χ0) is 17.5. The van der Waals surface area contributed by atoms with Gasteiger partial charge < -0.3 is 4.74 Å². The van der Waals surface area contributed by atoms with Crippen LogP contribution < -0.4 is 0 Å². The molecule has 0 radical (unpaired) electrons. The number of ether oxygens (including phenoxy) is 1. The summed E-state index contributed by atoms with van der Waals surface area (Å²) in [5.41, 5.74) is 3.71. The van der Waals surface area contributed by atoms with Gasteiger partial charge in [0, 0.05) is 12.3 Å². The van der Waals surface area contributed by atoms with Crippen molar-refractivity contribution in [2.24, 2.45) is 28.6 Å². The van der Waals surface area contributed by atoms with E-state index in [1.54, 1.807) is 11.1 Å². The van der Waals surface area contributed by atoms with Crippen LogP contribution in [-0.2, 0) is 9.53 Å². The van der Waals surface area contributed by atoms with Crippen LogP contribution in [0.5, 0.6) is 0 Å². The number of esters is 1. The number of hydrogen-bond acceptors (Lipinski definition) is 2. The molecule has 2 nitrogen and oxygen atoms in total. The quantitative estimate of drug-likeness (QED) is 0.622. The maximum atomic E-state index is 11.4. The van der Waals surface area contributed by atoms with E-state index < -0.39 is 0 Å². The van der Waals surface area contributed by atoms with E-state index in [1.165, 1.54) is 39.0 Å². The van der Waals surface area contributed by atoms with Crippen molar-refractivity contribution >= 4 is 5.97 Å². The molecule has 0 aromatic heterocycles. The molecule has 2 heteroatoms. The van der Waals surface area contributed by atoms with E-state index in [1.807, 2.05) is 0 Å². The van der Waals surface area contributed by atoms with Gasteiger partial charge in [-0.1, -0.05) is 51.8 Å². The Hall–Kier alpha value is -1.05. The third kappa shape index (κ3) is 2.97. The highest BCUT2D eigenvalue weighted by molar-refractivity contribution is 5.65. The number of rotatable bonds is 3. The summed E-state index contributed by atoms with van der Waals surface area (Å²) in [6.07, 6.45) is 12.5. The minimum atomic E-state index is -0.141. The van der Waals surface area contributed by atoms with E-state index in [0.29, 0.717) is 29.8 Å². The average molecular weight is 331 g/mol. The normalized spacial score (nSPS) is 38.8. The van der Waals surface area contributed by atoms with E-state index in [4.69, 9.17) is 4.74 Å². The minimum absolute atomic E-state index is 0.128. The lowest BCUT2D eigenvalue weighted by atomic mass is 9.47. The molecule has 0 heterocycles. The molecule has 0 spiro atoms. The lowest BCUT2D eigenvalue weighted by Crippen LogP contribution is -2.51. The molecule has 0 amide bonds. The predicted octanol–water partition coefficient (Wildman–Crippen LogP) is 5.68. The summed E-state index contributed by atoms with van der Waals surface area (Å²) in [5, 5.41) is 0. The Kier molecular flexibility index (Phi) is 4.70. The SMILES string of the molecule is CC(=O)OCC1(C)CCCC2(C)C3CCC(C(C)C)=CC3=CCC12. The Balaban J connectivity index is 1.90. The fourth-order valence-corrected chi connectivity index (χ4v) is 5.91. The van der Waals surface area contributed by atoms with Crippen molar-refractivity contribution in [2.75, 3.05) is 6.61 Å². The van der Waals surface area contributed by atoms with Gasteiger partial charge in [-0.15, -0.1) is 0 Å². The molecular weight excluding hydrogens is 296 g/mol. The number of hydrogen-bond donors (Lipinski definition) is 0. The molecule has 1 fully saturated rings. The van der Waals surface area contributed by atoms with Crippen LogP contribution in [0.1, 0.15) is 73.1 Å². The minimum Gasteiger partial charge on any atom is -0.465 e. The molecule has 24 heavy (non-hydrogen) atoms. The van der Waals surface area contributed by atoms with Gasteiger partial charge in [0.15, 0.2) is 0 Å². The van der Waals surface area contributed by atoms with Crippen LogP contribution >= 0.6 is 0 Å². The highest BCUT2D eigenvalue weighted by Gasteiger charge is 2.54. The molecule has 0 N–H and O–H groups in total. The van der Waals surface area contributed by atoms with Crippen molar-refractivity contribution in [1.29, 1.82) is 0 Å². The fourth-order valence-electron chi connectivity index (χ4n) is 5.91.